The Morgan fingerprint density at radius 3 is 3.07 bits per heavy atom. The van der Waals surface area contributed by atoms with Crippen LogP contribution in [0.25, 0.3) is 10.9 Å². The third kappa shape index (κ3) is 1.15. The van der Waals surface area contributed by atoms with E-state index in [4.69, 9.17) is 0 Å². The third-order valence-electron chi connectivity index (χ3n) is 3.19. The second-order valence-electron chi connectivity index (χ2n) is 4.06. The lowest BCUT2D eigenvalue weighted by atomic mass is 10.0. The van der Waals surface area contributed by atoms with Crippen molar-refractivity contribution in [3.63, 3.8) is 0 Å². The molecule has 0 saturated carbocycles. The van der Waals surface area contributed by atoms with Gasteiger partial charge in [0.25, 0.3) is 0 Å². The first-order chi connectivity index (χ1) is 6.95. The van der Waals surface area contributed by atoms with Crippen LogP contribution in [-0.2, 0) is 0 Å². The summed E-state index contributed by atoms with van der Waals surface area (Å²) in [5.41, 5.74) is 2.75. The summed E-state index contributed by atoms with van der Waals surface area (Å²) in [4.78, 5) is 3.35. The van der Waals surface area contributed by atoms with Gasteiger partial charge in [-0.15, -0.1) is 0 Å². The zero-order valence-corrected chi connectivity index (χ0v) is 8.16. The van der Waals surface area contributed by atoms with Gasteiger partial charge in [-0.3, -0.25) is 0 Å². The molecule has 1 fully saturated rings. The fourth-order valence-corrected chi connectivity index (χ4v) is 2.46. The first-order valence-electron chi connectivity index (χ1n) is 5.34. The molecule has 2 heterocycles. The Labute approximate surface area is 83.3 Å². The highest BCUT2D eigenvalue weighted by atomic mass is 14.9. The number of quaternary nitrogens is 1. The summed E-state index contributed by atoms with van der Waals surface area (Å²) in [6.45, 7) is 1.28. The summed E-state index contributed by atoms with van der Waals surface area (Å²) in [5.74, 6) is 0. The molecule has 3 N–H and O–H groups in total. The SMILES string of the molecule is c1ccc2c([C@@H]3CCC[NH2+]3)c[nH]c2c1. The highest BCUT2D eigenvalue weighted by Crippen LogP contribution is 2.25. The van der Waals surface area contributed by atoms with Crippen LogP contribution in [-0.4, -0.2) is 11.5 Å². The molecule has 1 aliphatic heterocycles. The third-order valence-corrected chi connectivity index (χ3v) is 3.19. The van der Waals surface area contributed by atoms with Crippen molar-refractivity contribution in [2.24, 2.45) is 0 Å². The number of rotatable bonds is 1. The normalized spacial score (nSPS) is 21.9. The average Bonchev–Trinajstić information content (AvgIpc) is 2.85. The van der Waals surface area contributed by atoms with Gasteiger partial charge in [-0.05, 0) is 6.07 Å². The summed E-state index contributed by atoms with van der Waals surface area (Å²) in [6.07, 6.45) is 4.85. The summed E-state index contributed by atoms with van der Waals surface area (Å²) in [6, 6.07) is 9.25. The van der Waals surface area contributed by atoms with Crippen LogP contribution in [0.15, 0.2) is 30.5 Å². The molecule has 1 aliphatic rings. The van der Waals surface area contributed by atoms with Crippen LogP contribution in [0.4, 0.5) is 0 Å². The van der Waals surface area contributed by atoms with Crippen molar-refractivity contribution in [1.29, 1.82) is 0 Å². The Kier molecular flexibility index (Phi) is 1.81. The predicted molar refractivity (Wildman–Crippen MR) is 57.1 cm³/mol. The van der Waals surface area contributed by atoms with Gasteiger partial charge < -0.3 is 10.3 Å². The van der Waals surface area contributed by atoms with Crippen LogP contribution in [0.3, 0.4) is 0 Å². The van der Waals surface area contributed by atoms with E-state index in [1.165, 1.54) is 35.9 Å². The molecule has 0 radical (unpaired) electrons. The van der Waals surface area contributed by atoms with Gasteiger partial charge in [0.05, 0.1) is 6.54 Å². The maximum absolute atomic E-state index is 3.35. The second kappa shape index (κ2) is 3.14. The molecule has 1 saturated heterocycles. The van der Waals surface area contributed by atoms with E-state index in [1.807, 2.05) is 0 Å². The molecule has 0 amide bonds. The molecule has 0 unspecified atom stereocenters. The van der Waals surface area contributed by atoms with Crippen LogP contribution in [0.1, 0.15) is 24.4 Å². The van der Waals surface area contributed by atoms with Gasteiger partial charge in [0.15, 0.2) is 0 Å². The van der Waals surface area contributed by atoms with Crippen LogP contribution >= 0.6 is 0 Å². The molecule has 72 valence electrons. The molecular weight excluding hydrogens is 172 g/mol. The lowest BCUT2D eigenvalue weighted by Crippen LogP contribution is -2.81. The number of aromatic amines is 1. The van der Waals surface area contributed by atoms with E-state index in [2.05, 4.69) is 40.8 Å². The van der Waals surface area contributed by atoms with Gasteiger partial charge in [0.1, 0.15) is 6.04 Å². The van der Waals surface area contributed by atoms with E-state index in [9.17, 15) is 0 Å². The molecular formula is C12H15N2+. The zero-order valence-electron chi connectivity index (χ0n) is 8.16. The first kappa shape index (κ1) is 8.06. The molecule has 14 heavy (non-hydrogen) atoms. The van der Waals surface area contributed by atoms with Crippen LogP contribution in [0, 0.1) is 0 Å². The molecule has 0 spiro atoms. The molecule has 1 atom stereocenters. The van der Waals surface area contributed by atoms with Crippen molar-refractivity contribution in [2.75, 3.05) is 6.54 Å². The minimum absolute atomic E-state index is 0.686. The number of H-pyrrole nitrogens is 1. The highest BCUT2D eigenvalue weighted by molar-refractivity contribution is 5.83. The van der Waals surface area contributed by atoms with Crippen LogP contribution in [0.2, 0.25) is 0 Å². The van der Waals surface area contributed by atoms with Gasteiger partial charge >= 0.3 is 0 Å². The minimum Gasteiger partial charge on any atom is -0.361 e. The van der Waals surface area contributed by atoms with Crippen molar-refractivity contribution in [3.8, 4) is 0 Å². The van der Waals surface area contributed by atoms with E-state index in [0.717, 1.165) is 0 Å². The molecule has 1 aromatic heterocycles. The van der Waals surface area contributed by atoms with Crippen molar-refractivity contribution >= 4 is 10.9 Å². The van der Waals surface area contributed by atoms with Crippen molar-refractivity contribution in [1.82, 2.24) is 4.98 Å². The quantitative estimate of drug-likeness (QED) is 0.679. The summed E-state index contributed by atoms with van der Waals surface area (Å²) < 4.78 is 0. The maximum atomic E-state index is 3.35. The fourth-order valence-electron chi connectivity index (χ4n) is 2.46. The van der Waals surface area contributed by atoms with Gasteiger partial charge in [0.2, 0.25) is 0 Å². The smallest absolute Gasteiger partial charge is 0.114 e. The van der Waals surface area contributed by atoms with E-state index in [-0.39, 0.29) is 0 Å². The average molecular weight is 187 g/mol. The highest BCUT2D eigenvalue weighted by Gasteiger charge is 2.22. The molecule has 0 bridgehead atoms. The topological polar surface area (TPSA) is 32.4 Å². The largest absolute Gasteiger partial charge is 0.361 e. The number of nitrogens with two attached hydrogens (primary N) is 1. The molecule has 1 aromatic carbocycles. The Bertz CT molecular complexity index is 438. The van der Waals surface area contributed by atoms with E-state index >= 15 is 0 Å². The lowest BCUT2D eigenvalue weighted by molar-refractivity contribution is -0.676. The summed E-state index contributed by atoms with van der Waals surface area (Å²) >= 11 is 0. The van der Waals surface area contributed by atoms with Crippen molar-refractivity contribution in [3.05, 3.63) is 36.0 Å². The molecule has 2 heteroatoms. The lowest BCUT2D eigenvalue weighted by Gasteiger charge is -2.04. The van der Waals surface area contributed by atoms with Gasteiger partial charge in [-0.25, -0.2) is 0 Å². The van der Waals surface area contributed by atoms with Crippen molar-refractivity contribution in [2.45, 2.75) is 18.9 Å². The number of para-hydroxylation sites is 1. The summed E-state index contributed by atoms with van der Waals surface area (Å²) in [5, 5.41) is 3.85. The summed E-state index contributed by atoms with van der Waals surface area (Å²) in [7, 11) is 0. The van der Waals surface area contributed by atoms with Crippen molar-refractivity contribution < 1.29 is 5.32 Å². The number of hydrogen-bond acceptors (Lipinski definition) is 0. The number of hydrogen-bond donors (Lipinski definition) is 2. The number of aromatic nitrogens is 1. The van der Waals surface area contributed by atoms with Gasteiger partial charge in [-0.2, -0.15) is 0 Å². The van der Waals surface area contributed by atoms with E-state index < -0.39 is 0 Å². The number of nitrogens with one attached hydrogen (secondary N) is 1. The fraction of sp³-hybridized carbons (Fsp3) is 0.333. The predicted octanol–water partition coefficient (Wildman–Crippen LogP) is 1.57. The van der Waals surface area contributed by atoms with E-state index in [1.54, 1.807) is 0 Å². The zero-order chi connectivity index (χ0) is 9.38. The molecule has 2 nitrogen and oxygen atoms in total. The van der Waals surface area contributed by atoms with Crippen LogP contribution in [0.5, 0.6) is 0 Å². The second-order valence-corrected chi connectivity index (χ2v) is 4.06. The monoisotopic (exact) mass is 187 g/mol. The molecule has 3 rings (SSSR count). The standard InChI is InChI=1S/C12H14N2/c1-2-5-11-9(4-1)10(8-14-11)12-6-3-7-13-12/h1-2,4-5,8,12-14H,3,6-7H2/p+1/t12-/m0/s1. The number of benzene rings is 1. The minimum atomic E-state index is 0.686. The maximum Gasteiger partial charge on any atom is 0.114 e. The Morgan fingerprint density at radius 2 is 2.21 bits per heavy atom. The first-order valence-corrected chi connectivity index (χ1v) is 5.34. The van der Waals surface area contributed by atoms with Gasteiger partial charge in [-0.1, -0.05) is 18.2 Å². The molecule has 2 aromatic rings. The van der Waals surface area contributed by atoms with E-state index in [0.29, 0.717) is 6.04 Å². The number of fused-ring (bicyclic) bond motifs is 1. The Hall–Kier alpha value is -1.28. The molecule has 0 aliphatic carbocycles. The van der Waals surface area contributed by atoms with Crippen LogP contribution < -0.4 is 5.32 Å². The Morgan fingerprint density at radius 1 is 1.29 bits per heavy atom. The Balaban J connectivity index is 2.11. The van der Waals surface area contributed by atoms with Gasteiger partial charge in [0, 0.05) is 35.5 Å².